The topological polar surface area (TPSA) is 64.4 Å². The number of anilines is 1. The number of hydrogen-bond acceptors (Lipinski definition) is 4. The van der Waals surface area contributed by atoms with Gasteiger partial charge in [-0.15, -0.1) is 0 Å². The normalized spacial score (nSPS) is 10.1. The van der Waals surface area contributed by atoms with Gasteiger partial charge in [-0.2, -0.15) is 0 Å². The van der Waals surface area contributed by atoms with Crippen molar-refractivity contribution in [1.82, 2.24) is 0 Å². The molecule has 6 heteroatoms. The zero-order chi connectivity index (χ0) is 14.5. The lowest BCUT2D eigenvalue weighted by atomic mass is 10.2. The number of hydrogen-bond donors (Lipinski definition) is 1. The third-order valence-electron chi connectivity index (χ3n) is 2.78. The fraction of sp³-hybridized carbons (Fsp3) is 0.143. The van der Waals surface area contributed by atoms with E-state index < -0.39 is 4.92 Å². The molecule has 2 aromatic rings. The molecule has 0 unspecified atom stereocenters. The van der Waals surface area contributed by atoms with E-state index in [9.17, 15) is 10.1 Å². The van der Waals surface area contributed by atoms with E-state index in [-0.39, 0.29) is 12.3 Å². The van der Waals surface area contributed by atoms with Gasteiger partial charge in [0.15, 0.2) is 0 Å². The summed E-state index contributed by atoms with van der Waals surface area (Å²) in [5.74, 6) is 0.647. The minimum Gasteiger partial charge on any atom is -0.489 e. The monoisotopic (exact) mass is 292 g/mol. The van der Waals surface area contributed by atoms with Crippen LogP contribution in [-0.2, 0) is 6.61 Å². The van der Waals surface area contributed by atoms with Crippen LogP contribution in [0.1, 0.15) is 5.56 Å². The van der Waals surface area contributed by atoms with Crippen LogP contribution >= 0.6 is 11.6 Å². The first-order chi connectivity index (χ1) is 9.60. The number of nitrogens with one attached hydrogen (secondary N) is 1. The van der Waals surface area contributed by atoms with E-state index in [1.807, 2.05) is 19.2 Å². The molecule has 20 heavy (non-hydrogen) atoms. The van der Waals surface area contributed by atoms with Crippen molar-refractivity contribution >= 4 is 23.0 Å². The SMILES string of the molecule is CNc1ccc(OCc2ccc(Cl)cc2[N+](=O)[O-])cc1. The molecular formula is C14H13ClN2O3. The van der Waals surface area contributed by atoms with Crippen molar-refractivity contribution in [3.8, 4) is 5.75 Å². The molecule has 0 spiro atoms. The Morgan fingerprint density at radius 2 is 1.95 bits per heavy atom. The average molecular weight is 293 g/mol. The summed E-state index contributed by atoms with van der Waals surface area (Å²) in [5, 5.41) is 14.3. The van der Waals surface area contributed by atoms with Crippen LogP contribution in [0.2, 0.25) is 5.02 Å². The van der Waals surface area contributed by atoms with Crippen molar-refractivity contribution in [2.24, 2.45) is 0 Å². The van der Waals surface area contributed by atoms with Crippen LogP contribution in [0.15, 0.2) is 42.5 Å². The highest BCUT2D eigenvalue weighted by Crippen LogP contribution is 2.25. The molecule has 0 atom stereocenters. The van der Waals surface area contributed by atoms with Gasteiger partial charge in [-0.25, -0.2) is 0 Å². The molecule has 2 aromatic carbocycles. The maximum Gasteiger partial charge on any atom is 0.277 e. The van der Waals surface area contributed by atoms with Crippen molar-refractivity contribution in [3.63, 3.8) is 0 Å². The number of nitro groups is 1. The fourth-order valence-corrected chi connectivity index (χ4v) is 1.87. The van der Waals surface area contributed by atoms with E-state index in [0.717, 1.165) is 5.69 Å². The number of nitrogens with zero attached hydrogens (tertiary/aromatic N) is 1. The number of nitro benzene ring substituents is 1. The largest absolute Gasteiger partial charge is 0.489 e. The number of benzene rings is 2. The molecule has 104 valence electrons. The fourth-order valence-electron chi connectivity index (χ4n) is 1.71. The molecule has 0 aromatic heterocycles. The first-order valence-electron chi connectivity index (χ1n) is 5.93. The van der Waals surface area contributed by atoms with Gasteiger partial charge in [0.25, 0.3) is 5.69 Å². The van der Waals surface area contributed by atoms with Crippen LogP contribution < -0.4 is 10.1 Å². The van der Waals surface area contributed by atoms with Gasteiger partial charge >= 0.3 is 0 Å². The van der Waals surface area contributed by atoms with Gasteiger partial charge in [-0.05, 0) is 36.4 Å². The van der Waals surface area contributed by atoms with Crippen molar-refractivity contribution in [1.29, 1.82) is 0 Å². The van der Waals surface area contributed by atoms with E-state index in [0.29, 0.717) is 16.3 Å². The van der Waals surface area contributed by atoms with Gasteiger partial charge in [0, 0.05) is 23.8 Å². The summed E-state index contributed by atoms with van der Waals surface area (Å²) in [5.41, 5.74) is 1.41. The Morgan fingerprint density at radius 1 is 1.25 bits per heavy atom. The highest BCUT2D eigenvalue weighted by molar-refractivity contribution is 6.30. The standard InChI is InChI=1S/C14H13ClN2O3/c1-16-12-4-6-13(7-5-12)20-9-10-2-3-11(15)8-14(10)17(18)19/h2-8,16H,9H2,1H3. The first kappa shape index (κ1) is 14.1. The van der Waals surface area contributed by atoms with Crippen molar-refractivity contribution in [2.75, 3.05) is 12.4 Å². The summed E-state index contributed by atoms with van der Waals surface area (Å²) in [6.45, 7) is 0.117. The van der Waals surface area contributed by atoms with Crippen LogP contribution in [0.3, 0.4) is 0 Å². The maximum atomic E-state index is 11.0. The van der Waals surface area contributed by atoms with E-state index in [2.05, 4.69) is 5.32 Å². The Kier molecular flexibility index (Phi) is 4.42. The van der Waals surface area contributed by atoms with Crippen LogP contribution in [0.5, 0.6) is 5.75 Å². The second-order valence-electron chi connectivity index (χ2n) is 4.09. The Bertz CT molecular complexity index is 614. The van der Waals surface area contributed by atoms with Crippen LogP contribution in [0.4, 0.5) is 11.4 Å². The summed E-state index contributed by atoms with van der Waals surface area (Å²) >= 11 is 5.76. The van der Waals surface area contributed by atoms with Gasteiger partial charge < -0.3 is 10.1 Å². The molecule has 0 aliphatic heterocycles. The van der Waals surface area contributed by atoms with Crippen molar-refractivity contribution in [2.45, 2.75) is 6.61 Å². The highest BCUT2D eigenvalue weighted by Gasteiger charge is 2.14. The van der Waals surface area contributed by atoms with Crippen LogP contribution in [0.25, 0.3) is 0 Å². The number of halogens is 1. The Hall–Kier alpha value is -2.27. The summed E-state index contributed by atoms with van der Waals surface area (Å²) in [6.07, 6.45) is 0. The molecule has 5 nitrogen and oxygen atoms in total. The molecule has 0 aliphatic carbocycles. The third-order valence-corrected chi connectivity index (χ3v) is 3.02. The first-order valence-corrected chi connectivity index (χ1v) is 6.31. The van der Waals surface area contributed by atoms with Gasteiger partial charge in [-0.3, -0.25) is 10.1 Å². The van der Waals surface area contributed by atoms with E-state index in [1.165, 1.54) is 6.07 Å². The zero-order valence-electron chi connectivity index (χ0n) is 10.8. The van der Waals surface area contributed by atoms with E-state index in [1.54, 1.807) is 24.3 Å². The van der Waals surface area contributed by atoms with Gasteiger partial charge in [0.1, 0.15) is 12.4 Å². The lowest BCUT2D eigenvalue weighted by Gasteiger charge is -2.08. The molecule has 0 amide bonds. The predicted molar refractivity (Wildman–Crippen MR) is 78.4 cm³/mol. The molecule has 1 N–H and O–H groups in total. The van der Waals surface area contributed by atoms with Gasteiger partial charge in [0.2, 0.25) is 0 Å². The average Bonchev–Trinajstić information content (AvgIpc) is 2.46. The Labute approximate surface area is 121 Å². The second kappa shape index (κ2) is 6.25. The molecule has 0 radical (unpaired) electrons. The van der Waals surface area contributed by atoms with E-state index >= 15 is 0 Å². The molecule has 0 saturated heterocycles. The molecule has 0 saturated carbocycles. The second-order valence-corrected chi connectivity index (χ2v) is 4.53. The number of ether oxygens (including phenoxy) is 1. The summed E-state index contributed by atoms with van der Waals surface area (Å²) < 4.78 is 5.55. The maximum absolute atomic E-state index is 11.0. The molecule has 0 bridgehead atoms. The van der Waals surface area contributed by atoms with E-state index in [4.69, 9.17) is 16.3 Å². The predicted octanol–water partition coefficient (Wildman–Crippen LogP) is 3.87. The quantitative estimate of drug-likeness (QED) is 0.671. The number of rotatable bonds is 5. The minimum atomic E-state index is -0.464. The molecule has 0 aliphatic rings. The Morgan fingerprint density at radius 3 is 2.55 bits per heavy atom. The highest BCUT2D eigenvalue weighted by atomic mass is 35.5. The van der Waals surface area contributed by atoms with Crippen molar-refractivity contribution in [3.05, 3.63) is 63.2 Å². The minimum absolute atomic E-state index is 0.0376. The lowest BCUT2D eigenvalue weighted by molar-refractivity contribution is -0.385. The molecule has 2 rings (SSSR count). The molecule has 0 fully saturated rings. The Balaban J connectivity index is 2.12. The molecular weight excluding hydrogens is 280 g/mol. The summed E-state index contributed by atoms with van der Waals surface area (Å²) in [4.78, 5) is 10.5. The van der Waals surface area contributed by atoms with Crippen LogP contribution in [-0.4, -0.2) is 12.0 Å². The lowest BCUT2D eigenvalue weighted by Crippen LogP contribution is -2.00. The van der Waals surface area contributed by atoms with Gasteiger partial charge in [-0.1, -0.05) is 11.6 Å². The van der Waals surface area contributed by atoms with Gasteiger partial charge in [0.05, 0.1) is 10.5 Å². The van der Waals surface area contributed by atoms with Crippen molar-refractivity contribution < 1.29 is 9.66 Å². The summed E-state index contributed by atoms with van der Waals surface area (Å²) in [6, 6.07) is 11.9. The smallest absolute Gasteiger partial charge is 0.277 e. The molecule has 0 heterocycles. The summed E-state index contributed by atoms with van der Waals surface area (Å²) in [7, 11) is 1.83. The third kappa shape index (κ3) is 3.39. The zero-order valence-corrected chi connectivity index (χ0v) is 11.6. The van der Waals surface area contributed by atoms with Crippen LogP contribution in [0, 0.1) is 10.1 Å².